The van der Waals surface area contributed by atoms with Crippen LogP contribution in [0.3, 0.4) is 0 Å². The van der Waals surface area contributed by atoms with Gasteiger partial charge in [-0.1, -0.05) is 12.1 Å². The molecule has 0 amide bonds. The second-order valence-corrected chi connectivity index (χ2v) is 7.47. The molecule has 2 rings (SSSR count). The van der Waals surface area contributed by atoms with Gasteiger partial charge in [-0.2, -0.15) is 10.5 Å². The molecule has 10 heteroatoms. The molecular formula is C29H30N2O8. The second-order valence-electron chi connectivity index (χ2n) is 7.47. The average molecular weight is 535 g/mol. The zero-order valence-electron chi connectivity index (χ0n) is 22.3. The number of ether oxygens (including phenoxy) is 6. The Hall–Kier alpha value is -4.96. The van der Waals surface area contributed by atoms with Gasteiger partial charge in [0.1, 0.15) is 23.3 Å². The van der Waals surface area contributed by atoms with E-state index in [4.69, 9.17) is 28.4 Å². The molecule has 0 saturated heterocycles. The third kappa shape index (κ3) is 9.13. The summed E-state index contributed by atoms with van der Waals surface area (Å²) in [6.45, 7) is 7.78. The minimum Gasteiger partial charge on any atom is -0.490 e. The first-order valence-corrected chi connectivity index (χ1v) is 12.3. The van der Waals surface area contributed by atoms with Crippen molar-refractivity contribution < 1.29 is 38.0 Å². The number of carbonyl (C=O) groups is 2. The molecule has 0 fully saturated rings. The van der Waals surface area contributed by atoms with Crippen molar-refractivity contribution in [2.24, 2.45) is 0 Å². The highest BCUT2D eigenvalue weighted by Crippen LogP contribution is 2.32. The summed E-state index contributed by atoms with van der Waals surface area (Å²) in [6.07, 6.45) is 2.82. The van der Waals surface area contributed by atoms with E-state index in [2.05, 4.69) is 0 Å². The lowest BCUT2D eigenvalue weighted by Crippen LogP contribution is -2.09. The van der Waals surface area contributed by atoms with Crippen LogP contribution >= 0.6 is 0 Å². The molecule has 0 aliphatic carbocycles. The Kier molecular flexibility index (Phi) is 12.4. The Bertz CT molecular complexity index is 1200. The van der Waals surface area contributed by atoms with Crippen LogP contribution in [0.2, 0.25) is 0 Å². The SMILES string of the molecule is CCOC(=O)/C(C#N)=C/c1ccc(OCOc2ccc(/C=C(\C#N)C(=O)OCC)cc2OCC)c(OCC)c1. The summed E-state index contributed by atoms with van der Waals surface area (Å²) in [7, 11) is 0. The van der Waals surface area contributed by atoms with Gasteiger partial charge in [-0.05, 0) is 75.2 Å². The molecule has 0 saturated carbocycles. The topological polar surface area (TPSA) is 137 Å². The van der Waals surface area contributed by atoms with Crippen LogP contribution in [0, 0.1) is 22.7 Å². The summed E-state index contributed by atoms with van der Waals surface area (Å²) in [5.74, 6) is 0.142. The molecule has 204 valence electrons. The van der Waals surface area contributed by atoms with E-state index in [0.717, 1.165) is 0 Å². The van der Waals surface area contributed by atoms with E-state index in [9.17, 15) is 20.1 Å². The van der Waals surface area contributed by atoms with Crippen LogP contribution in [0.25, 0.3) is 12.2 Å². The van der Waals surface area contributed by atoms with Gasteiger partial charge in [0.2, 0.25) is 6.79 Å². The maximum Gasteiger partial charge on any atom is 0.348 e. The molecule has 0 aliphatic heterocycles. The van der Waals surface area contributed by atoms with E-state index in [0.29, 0.717) is 47.3 Å². The number of rotatable bonds is 14. The summed E-state index contributed by atoms with van der Waals surface area (Å²) in [5, 5.41) is 18.6. The maximum atomic E-state index is 11.9. The first-order chi connectivity index (χ1) is 18.9. The fourth-order valence-electron chi connectivity index (χ4n) is 3.19. The smallest absolute Gasteiger partial charge is 0.348 e. The first-order valence-electron chi connectivity index (χ1n) is 12.3. The van der Waals surface area contributed by atoms with Crippen molar-refractivity contribution in [3.05, 3.63) is 58.7 Å². The highest BCUT2D eigenvalue weighted by Gasteiger charge is 2.14. The molecule has 0 spiro atoms. The molecule has 0 atom stereocenters. The molecule has 0 N–H and O–H groups in total. The highest BCUT2D eigenvalue weighted by atomic mass is 16.7. The van der Waals surface area contributed by atoms with Crippen LogP contribution in [-0.2, 0) is 19.1 Å². The molecule has 10 nitrogen and oxygen atoms in total. The van der Waals surface area contributed by atoms with Crippen molar-refractivity contribution in [3.63, 3.8) is 0 Å². The van der Waals surface area contributed by atoms with Crippen molar-refractivity contribution >= 4 is 24.1 Å². The Morgan fingerprint density at radius 1 is 0.641 bits per heavy atom. The lowest BCUT2D eigenvalue weighted by atomic mass is 10.1. The molecular weight excluding hydrogens is 504 g/mol. The van der Waals surface area contributed by atoms with Gasteiger partial charge in [-0.3, -0.25) is 0 Å². The number of esters is 2. The predicted octanol–water partition coefficient (Wildman–Crippen LogP) is 4.84. The molecule has 0 radical (unpaired) electrons. The molecule has 0 unspecified atom stereocenters. The summed E-state index contributed by atoms with van der Waals surface area (Å²) >= 11 is 0. The van der Waals surface area contributed by atoms with E-state index in [-0.39, 0.29) is 31.2 Å². The van der Waals surface area contributed by atoms with Gasteiger partial charge in [0.15, 0.2) is 23.0 Å². The standard InChI is InChI=1S/C29H30N2O8/c1-5-34-26-15-20(13-22(17-30)28(32)36-7-3)9-11-24(26)38-19-39-25-12-10-21(16-27(25)35-6-2)14-23(18-31)29(33)37-8-4/h9-16H,5-8,19H2,1-4H3/b22-13+,23-14+. The van der Waals surface area contributed by atoms with Gasteiger partial charge in [-0.15, -0.1) is 0 Å². The first kappa shape index (κ1) is 30.3. The average Bonchev–Trinajstić information content (AvgIpc) is 2.93. The molecule has 0 aliphatic rings. The highest BCUT2D eigenvalue weighted by molar-refractivity contribution is 5.98. The van der Waals surface area contributed by atoms with Crippen molar-refractivity contribution in [2.75, 3.05) is 33.2 Å². The van der Waals surface area contributed by atoms with Crippen LogP contribution in [0.1, 0.15) is 38.8 Å². The predicted molar refractivity (Wildman–Crippen MR) is 142 cm³/mol. The Balaban J connectivity index is 2.21. The van der Waals surface area contributed by atoms with Crippen molar-refractivity contribution in [1.82, 2.24) is 0 Å². The number of hydrogen-bond acceptors (Lipinski definition) is 10. The van der Waals surface area contributed by atoms with Crippen LogP contribution in [0.15, 0.2) is 47.5 Å². The number of hydrogen-bond donors (Lipinski definition) is 0. The number of nitriles is 2. The van der Waals surface area contributed by atoms with Gasteiger partial charge in [0.05, 0.1) is 26.4 Å². The quantitative estimate of drug-likeness (QED) is 0.143. The normalized spacial score (nSPS) is 11.0. The van der Waals surface area contributed by atoms with Crippen LogP contribution in [0.5, 0.6) is 23.0 Å². The molecule has 0 aromatic heterocycles. The van der Waals surface area contributed by atoms with Gasteiger partial charge in [0, 0.05) is 0 Å². The molecule has 0 bridgehead atoms. The zero-order chi connectivity index (χ0) is 28.6. The van der Waals surface area contributed by atoms with E-state index < -0.39 is 11.9 Å². The fraction of sp³-hybridized carbons (Fsp3) is 0.310. The summed E-state index contributed by atoms with van der Waals surface area (Å²) in [5.41, 5.74) is 0.834. The van der Waals surface area contributed by atoms with Crippen LogP contribution in [0.4, 0.5) is 0 Å². The van der Waals surface area contributed by atoms with Gasteiger partial charge < -0.3 is 28.4 Å². The Morgan fingerprint density at radius 3 is 1.38 bits per heavy atom. The Morgan fingerprint density at radius 2 is 1.05 bits per heavy atom. The zero-order valence-corrected chi connectivity index (χ0v) is 22.3. The largest absolute Gasteiger partial charge is 0.490 e. The van der Waals surface area contributed by atoms with E-state index in [1.54, 1.807) is 50.2 Å². The summed E-state index contributed by atoms with van der Waals surface area (Å²) in [6, 6.07) is 13.6. The van der Waals surface area contributed by atoms with E-state index in [1.165, 1.54) is 12.2 Å². The lowest BCUT2D eigenvalue weighted by molar-refractivity contribution is -0.138. The third-order valence-electron chi connectivity index (χ3n) is 4.82. The Labute approximate surface area is 227 Å². The van der Waals surface area contributed by atoms with E-state index in [1.807, 2.05) is 26.0 Å². The van der Waals surface area contributed by atoms with Crippen molar-refractivity contribution in [1.29, 1.82) is 10.5 Å². The minimum absolute atomic E-state index is 0.137. The molecule has 0 heterocycles. The second kappa shape index (κ2) is 16.0. The van der Waals surface area contributed by atoms with Crippen molar-refractivity contribution in [2.45, 2.75) is 27.7 Å². The third-order valence-corrected chi connectivity index (χ3v) is 4.82. The number of carbonyl (C=O) groups excluding carboxylic acids is 2. The van der Waals surface area contributed by atoms with E-state index >= 15 is 0 Å². The van der Waals surface area contributed by atoms with Crippen LogP contribution < -0.4 is 18.9 Å². The molecule has 2 aromatic carbocycles. The van der Waals surface area contributed by atoms with Gasteiger partial charge in [0.25, 0.3) is 0 Å². The van der Waals surface area contributed by atoms with Crippen molar-refractivity contribution in [3.8, 4) is 35.1 Å². The van der Waals surface area contributed by atoms with Crippen LogP contribution in [-0.4, -0.2) is 45.2 Å². The van der Waals surface area contributed by atoms with Gasteiger partial charge in [-0.25, -0.2) is 9.59 Å². The molecule has 39 heavy (non-hydrogen) atoms. The summed E-state index contributed by atoms with van der Waals surface area (Å²) in [4.78, 5) is 23.8. The number of nitrogens with zero attached hydrogens (tertiary/aromatic N) is 2. The maximum absolute atomic E-state index is 11.9. The monoisotopic (exact) mass is 534 g/mol. The lowest BCUT2D eigenvalue weighted by Gasteiger charge is -2.15. The molecule has 2 aromatic rings. The fourth-order valence-corrected chi connectivity index (χ4v) is 3.19. The van der Waals surface area contributed by atoms with Gasteiger partial charge >= 0.3 is 11.9 Å². The minimum atomic E-state index is -0.706. The summed E-state index contributed by atoms with van der Waals surface area (Å²) < 4.78 is 32.7. The number of benzene rings is 2.